The predicted molar refractivity (Wildman–Crippen MR) is 169 cm³/mol. The molecule has 3 aliphatic heterocycles. The Hall–Kier alpha value is -4.57. The van der Waals surface area contributed by atoms with E-state index in [0.29, 0.717) is 31.4 Å². The Labute approximate surface area is 261 Å². The monoisotopic (exact) mass is 611 g/mol. The number of H-pyrrole nitrogens is 1. The molecule has 0 saturated heterocycles. The fourth-order valence-corrected chi connectivity index (χ4v) is 7.42. The molecule has 10 nitrogen and oxygen atoms in total. The molecule has 1 aromatic heterocycles. The van der Waals surface area contributed by atoms with Gasteiger partial charge in [-0.1, -0.05) is 13.8 Å². The number of carbonyl (C=O) groups excluding carboxylic acids is 2. The summed E-state index contributed by atoms with van der Waals surface area (Å²) in [6.45, 7) is 3.96. The highest BCUT2D eigenvalue weighted by atomic mass is 16.4. The molecule has 1 aromatic rings. The number of nitrogens with zero attached hydrogens (tertiary/aromatic N) is 1. The van der Waals surface area contributed by atoms with E-state index in [1.165, 1.54) is 0 Å². The van der Waals surface area contributed by atoms with Crippen LogP contribution >= 0.6 is 0 Å². The molecule has 0 atom stereocenters. The van der Waals surface area contributed by atoms with E-state index in [4.69, 9.17) is 0 Å². The van der Waals surface area contributed by atoms with Crippen molar-refractivity contribution >= 4 is 41.6 Å². The smallest absolute Gasteiger partial charge is 0.303 e. The summed E-state index contributed by atoms with van der Waals surface area (Å²) in [5.41, 5.74) is 12.7. The Morgan fingerprint density at radius 2 is 1.58 bits per heavy atom. The van der Waals surface area contributed by atoms with Crippen LogP contribution in [0.5, 0.6) is 0 Å². The van der Waals surface area contributed by atoms with Crippen LogP contribution in [-0.2, 0) is 32.0 Å². The quantitative estimate of drug-likeness (QED) is 0.278. The minimum atomic E-state index is -0.879. The van der Waals surface area contributed by atoms with Crippen molar-refractivity contribution in [1.82, 2.24) is 10.3 Å². The van der Waals surface area contributed by atoms with Crippen LogP contribution < -0.4 is 10.6 Å². The van der Waals surface area contributed by atoms with Crippen LogP contribution in [-0.4, -0.2) is 44.7 Å². The second-order valence-corrected chi connectivity index (χ2v) is 12.1. The number of aromatic nitrogens is 1. The molecular formula is C35H39N4O6+. The molecule has 234 valence electrons. The molecule has 0 unspecified atom stereocenters. The number of rotatable bonds is 9. The van der Waals surface area contributed by atoms with Gasteiger partial charge in [-0.05, 0) is 92.6 Å². The van der Waals surface area contributed by atoms with Gasteiger partial charge in [0.1, 0.15) is 11.4 Å². The Morgan fingerprint density at radius 1 is 0.889 bits per heavy atom. The van der Waals surface area contributed by atoms with Gasteiger partial charge in [0.05, 0.1) is 5.71 Å². The van der Waals surface area contributed by atoms with E-state index in [1.54, 1.807) is 0 Å². The summed E-state index contributed by atoms with van der Waals surface area (Å²) in [5.74, 6) is -1.98. The average molecular weight is 612 g/mol. The Balaban J connectivity index is 1.46. The number of carboxylic acid groups (broad SMARTS) is 2. The van der Waals surface area contributed by atoms with E-state index in [0.717, 1.165) is 112 Å². The standard InChI is InChI=1S/C35H38N4O6/c1-3-18-20-7-5-9-22-24(11-13-32(40)41)28(36-26(22)16-30(20)38-34(18)44)15-29-25(12-14-33(42)43)23-10-6-8-21-19(4-2)35(45)39-31(21)17-27(23)37-29/h15-17,36-37H,3-14H2,1-2H3,(H,38,44)(H,40,41)(H,42,43)/p+1/b27-17?,29-15?,30-16+. The fourth-order valence-electron chi connectivity index (χ4n) is 7.42. The normalized spacial score (nSPS) is 21.6. The second-order valence-electron chi connectivity index (χ2n) is 12.1. The minimum Gasteiger partial charge on any atom is -0.481 e. The first-order valence-corrected chi connectivity index (χ1v) is 16.0. The lowest BCUT2D eigenvalue weighted by Crippen LogP contribution is -2.78. The highest BCUT2D eigenvalue weighted by molar-refractivity contribution is 6.23. The fraction of sp³-hybridized carbons (Fsp3) is 0.400. The highest BCUT2D eigenvalue weighted by Crippen LogP contribution is 2.38. The van der Waals surface area contributed by atoms with E-state index >= 15 is 0 Å². The number of nitrogens with two attached hydrogens (primary N) is 1. The summed E-state index contributed by atoms with van der Waals surface area (Å²) < 4.78 is 0. The van der Waals surface area contributed by atoms with Gasteiger partial charge in [0.2, 0.25) is 0 Å². The lowest BCUT2D eigenvalue weighted by molar-refractivity contribution is -0.539. The van der Waals surface area contributed by atoms with Gasteiger partial charge in [-0.25, -0.2) is 4.99 Å². The third kappa shape index (κ3) is 5.82. The van der Waals surface area contributed by atoms with Crippen molar-refractivity contribution in [2.75, 3.05) is 0 Å². The zero-order chi connectivity index (χ0) is 31.8. The Bertz CT molecular complexity index is 1760. The largest absolute Gasteiger partial charge is 0.481 e. The van der Waals surface area contributed by atoms with Gasteiger partial charge >= 0.3 is 11.9 Å². The predicted octanol–water partition coefficient (Wildman–Crippen LogP) is 4.38. The van der Waals surface area contributed by atoms with Crippen LogP contribution in [0.3, 0.4) is 0 Å². The molecule has 0 bridgehead atoms. The van der Waals surface area contributed by atoms with Crippen LogP contribution in [0.15, 0.2) is 61.6 Å². The topological polar surface area (TPSA) is 166 Å². The van der Waals surface area contributed by atoms with E-state index in [-0.39, 0.29) is 24.7 Å². The molecule has 5 aliphatic rings. The summed E-state index contributed by atoms with van der Waals surface area (Å²) in [6, 6.07) is 0. The number of aromatic amines is 1. The summed E-state index contributed by atoms with van der Waals surface area (Å²) in [5, 5.41) is 24.2. The zero-order valence-electron chi connectivity index (χ0n) is 25.8. The summed E-state index contributed by atoms with van der Waals surface area (Å²) in [6.07, 6.45) is 12.6. The molecule has 2 aliphatic carbocycles. The molecule has 45 heavy (non-hydrogen) atoms. The first-order valence-electron chi connectivity index (χ1n) is 16.0. The number of carboxylic acids is 2. The van der Waals surface area contributed by atoms with E-state index in [9.17, 15) is 29.4 Å². The number of nitrogens with one attached hydrogen (secondary N) is 2. The van der Waals surface area contributed by atoms with Crippen LogP contribution in [0.1, 0.15) is 101 Å². The Morgan fingerprint density at radius 3 is 2.31 bits per heavy atom. The molecule has 6 N–H and O–H groups in total. The lowest BCUT2D eigenvalue weighted by atomic mass is 9.90. The van der Waals surface area contributed by atoms with Crippen molar-refractivity contribution in [3.63, 3.8) is 0 Å². The van der Waals surface area contributed by atoms with Gasteiger partial charge in [0.25, 0.3) is 11.8 Å². The number of hydrogen-bond donors (Lipinski definition) is 5. The van der Waals surface area contributed by atoms with Crippen LogP contribution in [0.2, 0.25) is 0 Å². The van der Waals surface area contributed by atoms with Crippen molar-refractivity contribution < 1.29 is 34.7 Å². The number of carbonyl (C=O) groups is 4. The number of fused-ring (bicyclic) bond motifs is 4. The van der Waals surface area contributed by atoms with Crippen molar-refractivity contribution in [2.45, 2.75) is 90.9 Å². The number of allylic oxidation sites excluding steroid dienone is 5. The molecule has 0 saturated carbocycles. The van der Waals surface area contributed by atoms with Gasteiger partial charge in [0.15, 0.2) is 0 Å². The Kier molecular flexibility index (Phi) is 8.42. The second kappa shape index (κ2) is 12.4. The lowest BCUT2D eigenvalue weighted by Gasteiger charge is -2.13. The van der Waals surface area contributed by atoms with Gasteiger partial charge in [-0.15, -0.1) is 0 Å². The van der Waals surface area contributed by atoms with Crippen molar-refractivity contribution in [2.24, 2.45) is 4.99 Å². The van der Waals surface area contributed by atoms with E-state index in [2.05, 4.69) is 20.6 Å². The molecule has 0 radical (unpaired) electrons. The molecule has 0 aromatic carbocycles. The molecule has 6 rings (SSSR count). The number of amides is 2. The van der Waals surface area contributed by atoms with Crippen LogP contribution in [0.25, 0.3) is 12.2 Å². The molecule has 0 fully saturated rings. The van der Waals surface area contributed by atoms with Crippen LogP contribution in [0, 0.1) is 0 Å². The van der Waals surface area contributed by atoms with Crippen molar-refractivity contribution in [3.05, 3.63) is 79.1 Å². The third-order valence-electron chi connectivity index (χ3n) is 9.49. The molecular weight excluding hydrogens is 572 g/mol. The maximum Gasteiger partial charge on any atom is 0.303 e. The summed E-state index contributed by atoms with van der Waals surface area (Å²) in [7, 11) is 0. The molecule has 10 heteroatoms. The van der Waals surface area contributed by atoms with Gasteiger partial charge in [-0.3, -0.25) is 24.5 Å². The number of hydrogen-bond acceptors (Lipinski definition) is 4. The third-order valence-corrected chi connectivity index (χ3v) is 9.49. The highest BCUT2D eigenvalue weighted by Gasteiger charge is 2.35. The van der Waals surface area contributed by atoms with E-state index < -0.39 is 11.9 Å². The number of aliphatic carboxylic acids is 2. The average Bonchev–Trinajstić information content (AvgIpc) is 3.65. The number of aliphatic imine (C=N–C) groups is 1. The van der Waals surface area contributed by atoms with E-state index in [1.807, 2.05) is 32.1 Å². The zero-order valence-corrected chi connectivity index (χ0v) is 25.8. The maximum absolute atomic E-state index is 12.6. The molecule has 4 heterocycles. The van der Waals surface area contributed by atoms with Crippen molar-refractivity contribution in [3.8, 4) is 0 Å². The van der Waals surface area contributed by atoms with Gasteiger partial charge < -0.3 is 20.5 Å². The molecule has 0 spiro atoms. The summed E-state index contributed by atoms with van der Waals surface area (Å²) in [4.78, 5) is 56.5. The summed E-state index contributed by atoms with van der Waals surface area (Å²) >= 11 is 0. The van der Waals surface area contributed by atoms with Crippen molar-refractivity contribution in [1.29, 1.82) is 0 Å². The SMILES string of the molecule is CCC1=C2CCCC3=C(CCC(=O)O)C(=Cc4[nH]c5c(c4CCC(=O)O)CCCC4=C(CC)C(=O)N/C4=C/5)[NH2+]C3=CC2=NC1=O. The minimum absolute atomic E-state index is 0.0182. The number of quaternary nitrogens is 1. The van der Waals surface area contributed by atoms with Gasteiger partial charge in [-0.2, -0.15) is 0 Å². The first-order chi connectivity index (χ1) is 21.7. The maximum atomic E-state index is 12.6. The first kappa shape index (κ1) is 30.5. The van der Waals surface area contributed by atoms with Crippen LogP contribution in [0.4, 0.5) is 0 Å². The molecule has 2 amide bonds. The van der Waals surface area contributed by atoms with Gasteiger partial charge in [0, 0.05) is 64.4 Å².